The van der Waals surface area contributed by atoms with Gasteiger partial charge in [0.05, 0.1) is 5.92 Å². The maximum Gasteiger partial charge on any atom is 0.312 e. The van der Waals surface area contributed by atoms with Crippen molar-refractivity contribution in [2.24, 2.45) is 0 Å². The van der Waals surface area contributed by atoms with Crippen molar-refractivity contribution in [1.82, 2.24) is 4.98 Å². The highest BCUT2D eigenvalue weighted by molar-refractivity contribution is 9.10. The summed E-state index contributed by atoms with van der Waals surface area (Å²) < 4.78 is 1.03. The summed E-state index contributed by atoms with van der Waals surface area (Å²) in [6, 6.07) is 6.03. The lowest BCUT2D eigenvalue weighted by Crippen LogP contribution is -2.17. The van der Waals surface area contributed by atoms with E-state index in [9.17, 15) is 9.90 Å². The predicted molar refractivity (Wildman–Crippen MR) is 69.3 cm³/mol. The molecule has 0 saturated carbocycles. The molecule has 88 valence electrons. The van der Waals surface area contributed by atoms with Crippen molar-refractivity contribution in [2.45, 2.75) is 25.2 Å². The second-order valence-corrected chi connectivity index (χ2v) is 5.41. The van der Waals surface area contributed by atoms with Crippen LogP contribution in [0.3, 0.4) is 0 Å². The summed E-state index contributed by atoms with van der Waals surface area (Å²) in [5.41, 5.74) is 3.11. The largest absolute Gasteiger partial charge is 0.481 e. The molecule has 1 heterocycles. The summed E-state index contributed by atoms with van der Waals surface area (Å²) >= 11 is 3.46. The van der Waals surface area contributed by atoms with E-state index >= 15 is 0 Å². The Bertz CT molecular complexity index is 603. The zero-order valence-electron chi connectivity index (χ0n) is 9.16. The third kappa shape index (κ3) is 1.67. The third-order valence-electron chi connectivity index (χ3n) is 3.47. The summed E-state index contributed by atoms with van der Waals surface area (Å²) in [4.78, 5) is 14.5. The van der Waals surface area contributed by atoms with Crippen LogP contribution in [-0.4, -0.2) is 16.1 Å². The molecule has 3 nitrogen and oxygen atoms in total. The smallest absolute Gasteiger partial charge is 0.312 e. The first kappa shape index (κ1) is 10.8. The van der Waals surface area contributed by atoms with Crippen LogP contribution >= 0.6 is 15.9 Å². The van der Waals surface area contributed by atoms with Gasteiger partial charge in [-0.3, -0.25) is 4.79 Å². The number of rotatable bonds is 1. The molecule has 0 spiro atoms. The SMILES string of the molecule is O=C(O)C1CCCc2c1[nH]c1ccc(Br)cc21. The molecule has 0 saturated heterocycles. The van der Waals surface area contributed by atoms with Crippen LogP contribution < -0.4 is 0 Å². The molecule has 0 fully saturated rings. The summed E-state index contributed by atoms with van der Waals surface area (Å²) in [6.07, 6.45) is 2.65. The van der Waals surface area contributed by atoms with Gasteiger partial charge in [-0.15, -0.1) is 0 Å². The standard InChI is InChI=1S/C13H12BrNO2/c14-7-4-5-11-10(6-7)8-2-1-3-9(13(16)17)12(8)15-11/h4-6,9,15H,1-3H2,(H,16,17). The summed E-state index contributed by atoms with van der Waals surface area (Å²) in [5, 5.41) is 10.4. The van der Waals surface area contributed by atoms with Crippen LogP contribution in [-0.2, 0) is 11.2 Å². The van der Waals surface area contributed by atoms with Crippen molar-refractivity contribution in [3.05, 3.63) is 33.9 Å². The van der Waals surface area contributed by atoms with E-state index in [2.05, 4.69) is 27.0 Å². The predicted octanol–water partition coefficient (Wildman–Crippen LogP) is 3.43. The number of aliphatic carboxylic acids is 1. The second-order valence-electron chi connectivity index (χ2n) is 4.49. The quantitative estimate of drug-likeness (QED) is 0.846. The Kier molecular flexibility index (Phi) is 2.47. The molecule has 1 aliphatic rings. The van der Waals surface area contributed by atoms with Gasteiger partial charge in [0.2, 0.25) is 0 Å². The van der Waals surface area contributed by atoms with Crippen molar-refractivity contribution in [2.75, 3.05) is 0 Å². The minimum atomic E-state index is -0.725. The Balaban J connectivity index is 2.25. The highest BCUT2D eigenvalue weighted by Crippen LogP contribution is 2.36. The Morgan fingerprint density at radius 1 is 1.47 bits per heavy atom. The second kappa shape index (κ2) is 3.88. The van der Waals surface area contributed by atoms with E-state index in [-0.39, 0.29) is 5.92 Å². The van der Waals surface area contributed by atoms with Crippen LogP contribution in [0, 0.1) is 0 Å². The molecular formula is C13H12BrNO2. The van der Waals surface area contributed by atoms with Crippen molar-refractivity contribution < 1.29 is 9.90 Å². The van der Waals surface area contributed by atoms with Gasteiger partial charge in [-0.2, -0.15) is 0 Å². The molecule has 1 atom stereocenters. The molecule has 1 aromatic carbocycles. The van der Waals surface area contributed by atoms with Gasteiger partial charge in [0.15, 0.2) is 0 Å². The van der Waals surface area contributed by atoms with Gasteiger partial charge in [-0.25, -0.2) is 0 Å². The fourth-order valence-electron chi connectivity index (χ4n) is 2.68. The molecule has 0 amide bonds. The number of hydrogen-bond donors (Lipinski definition) is 2. The molecule has 0 radical (unpaired) electrons. The molecule has 17 heavy (non-hydrogen) atoms. The lowest BCUT2D eigenvalue weighted by atomic mass is 9.87. The van der Waals surface area contributed by atoms with Crippen LogP contribution in [0.2, 0.25) is 0 Å². The number of aromatic amines is 1. The number of aryl methyl sites for hydroxylation is 1. The van der Waals surface area contributed by atoms with E-state index in [1.54, 1.807) is 0 Å². The Morgan fingerprint density at radius 2 is 2.29 bits per heavy atom. The van der Waals surface area contributed by atoms with Gasteiger partial charge >= 0.3 is 5.97 Å². The molecule has 0 bridgehead atoms. The van der Waals surface area contributed by atoms with Crippen molar-refractivity contribution in [3.8, 4) is 0 Å². The number of fused-ring (bicyclic) bond motifs is 3. The first-order valence-corrected chi connectivity index (χ1v) is 6.49. The average Bonchev–Trinajstić information content (AvgIpc) is 2.66. The normalized spacial score (nSPS) is 19.2. The zero-order chi connectivity index (χ0) is 12.0. The molecule has 2 aromatic rings. The third-order valence-corrected chi connectivity index (χ3v) is 3.96. The summed E-state index contributed by atoms with van der Waals surface area (Å²) in [6.45, 7) is 0. The minimum absolute atomic E-state index is 0.370. The van der Waals surface area contributed by atoms with Gasteiger partial charge in [-0.1, -0.05) is 15.9 Å². The number of carboxylic acids is 1. The van der Waals surface area contributed by atoms with Crippen LogP contribution in [0.5, 0.6) is 0 Å². The fraction of sp³-hybridized carbons (Fsp3) is 0.308. The molecule has 1 aliphatic carbocycles. The van der Waals surface area contributed by atoms with Gasteiger partial charge in [0, 0.05) is 21.1 Å². The number of carboxylic acid groups (broad SMARTS) is 1. The van der Waals surface area contributed by atoms with Crippen molar-refractivity contribution in [3.63, 3.8) is 0 Å². The molecular weight excluding hydrogens is 282 g/mol. The van der Waals surface area contributed by atoms with E-state index in [1.165, 1.54) is 5.56 Å². The molecule has 1 unspecified atom stereocenters. The lowest BCUT2D eigenvalue weighted by Gasteiger charge is -2.18. The number of halogens is 1. The van der Waals surface area contributed by atoms with E-state index < -0.39 is 5.97 Å². The Morgan fingerprint density at radius 3 is 3.06 bits per heavy atom. The molecule has 3 rings (SSSR count). The van der Waals surface area contributed by atoms with Gasteiger partial charge in [0.1, 0.15) is 0 Å². The Labute approximate surface area is 107 Å². The van der Waals surface area contributed by atoms with E-state index in [1.807, 2.05) is 12.1 Å². The van der Waals surface area contributed by atoms with Crippen molar-refractivity contribution >= 4 is 32.8 Å². The van der Waals surface area contributed by atoms with E-state index in [4.69, 9.17) is 0 Å². The maximum atomic E-state index is 11.2. The highest BCUT2D eigenvalue weighted by Gasteiger charge is 2.29. The maximum absolute atomic E-state index is 11.2. The molecule has 1 aromatic heterocycles. The minimum Gasteiger partial charge on any atom is -0.481 e. The molecule has 0 aliphatic heterocycles. The van der Waals surface area contributed by atoms with Gasteiger partial charge in [-0.05, 0) is 43.0 Å². The number of carbonyl (C=O) groups is 1. The number of H-pyrrole nitrogens is 1. The van der Waals surface area contributed by atoms with Gasteiger partial charge in [0.25, 0.3) is 0 Å². The number of nitrogens with one attached hydrogen (secondary N) is 1. The molecule has 2 N–H and O–H groups in total. The summed E-state index contributed by atoms with van der Waals surface area (Å²) in [5.74, 6) is -1.10. The Hall–Kier alpha value is -1.29. The average molecular weight is 294 g/mol. The number of benzene rings is 1. The van der Waals surface area contributed by atoms with Gasteiger partial charge < -0.3 is 10.1 Å². The van der Waals surface area contributed by atoms with E-state index in [0.29, 0.717) is 0 Å². The topological polar surface area (TPSA) is 53.1 Å². The van der Waals surface area contributed by atoms with Crippen LogP contribution in [0.1, 0.15) is 30.0 Å². The van der Waals surface area contributed by atoms with Crippen LogP contribution in [0.15, 0.2) is 22.7 Å². The van der Waals surface area contributed by atoms with Crippen molar-refractivity contribution in [1.29, 1.82) is 0 Å². The van der Waals surface area contributed by atoms with Crippen LogP contribution in [0.4, 0.5) is 0 Å². The molecule has 4 heteroatoms. The number of aromatic nitrogens is 1. The van der Waals surface area contributed by atoms with E-state index in [0.717, 1.165) is 40.3 Å². The zero-order valence-corrected chi connectivity index (χ0v) is 10.8. The highest BCUT2D eigenvalue weighted by atomic mass is 79.9. The first-order chi connectivity index (χ1) is 8.16. The monoisotopic (exact) mass is 293 g/mol. The fourth-order valence-corrected chi connectivity index (χ4v) is 3.04. The number of hydrogen-bond acceptors (Lipinski definition) is 1. The first-order valence-electron chi connectivity index (χ1n) is 5.69. The summed E-state index contributed by atoms with van der Waals surface area (Å²) in [7, 11) is 0. The lowest BCUT2D eigenvalue weighted by molar-refractivity contribution is -0.139. The van der Waals surface area contributed by atoms with Crippen LogP contribution in [0.25, 0.3) is 10.9 Å².